The average molecular weight is 360 g/mol. The summed E-state index contributed by atoms with van der Waals surface area (Å²) < 4.78 is 0. The summed E-state index contributed by atoms with van der Waals surface area (Å²) in [6.07, 6.45) is 6.44. The molecule has 2 aliphatic rings. The molecule has 0 aromatic carbocycles. The van der Waals surface area contributed by atoms with E-state index >= 15 is 0 Å². The van der Waals surface area contributed by atoms with Gasteiger partial charge in [-0.2, -0.15) is 0 Å². The molecule has 2 amide bonds. The Kier molecular flexibility index (Phi) is 8.51. The quantitative estimate of drug-likeness (QED) is 0.792. The number of hydrogen-bond acceptors (Lipinski definition) is 3. The molecule has 2 N–H and O–H groups in total. The zero-order valence-electron chi connectivity index (χ0n) is 15.3. The van der Waals surface area contributed by atoms with E-state index in [1.54, 1.807) is 0 Å². The minimum absolute atomic E-state index is 0. The van der Waals surface area contributed by atoms with Gasteiger partial charge in [-0.3, -0.25) is 9.59 Å². The monoisotopic (exact) mass is 359 g/mol. The number of piperidine rings is 1. The molecule has 0 saturated carbocycles. The van der Waals surface area contributed by atoms with Crippen LogP contribution >= 0.6 is 12.4 Å². The van der Waals surface area contributed by atoms with Gasteiger partial charge in [-0.05, 0) is 44.4 Å². The summed E-state index contributed by atoms with van der Waals surface area (Å²) in [6.45, 7) is 7.94. The highest BCUT2D eigenvalue weighted by Crippen LogP contribution is 2.31. The molecular formula is C18H34ClN3O2. The molecule has 2 fully saturated rings. The Balaban J connectivity index is 0.00000288. The molecule has 0 aliphatic carbocycles. The molecule has 0 aromatic rings. The van der Waals surface area contributed by atoms with E-state index in [1.165, 1.54) is 0 Å². The lowest BCUT2D eigenvalue weighted by Gasteiger charge is -2.39. The minimum atomic E-state index is -0.391. The van der Waals surface area contributed by atoms with E-state index in [1.807, 2.05) is 9.80 Å². The molecule has 2 aliphatic heterocycles. The molecule has 2 saturated heterocycles. The summed E-state index contributed by atoms with van der Waals surface area (Å²) in [6, 6.07) is 0. The Hall–Kier alpha value is -0.810. The van der Waals surface area contributed by atoms with Gasteiger partial charge in [0.15, 0.2) is 0 Å². The summed E-state index contributed by atoms with van der Waals surface area (Å²) >= 11 is 0. The first-order valence-electron chi connectivity index (χ1n) is 9.33. The van der Waals surface area contributed by atoms with Crippen molar-refractivity contribution in [2.45, 2.75) is 58.8 Å². The van der Waals surface area contributed by atoms with Crippen molar-refractivity contribution in [1.29, 1.82) is 0 Å². The maximum atomic E-state index is 12.8. The van der Waals surface area contributed by atoms with Gasteiger partial charge in [0, 0.05) is 39.1 Å². The van der Waals surface area contributed by atoms with Gasteiger partial charge in [-0.1, -0.05) is 13.8 Å². The summed E-state index contributed by atoms with van der Waals surface area (Å²) in [5, 5.41) is 0. The summed E-state index contributed by atoms with van der Waals surface area (Å²) in [7, 11) is 0. The molecule has 2 rings (SSSR count). The molecule has 0 atom stereocenters. The molecule has 0 unspecified atom stereocenters. The van der Waals surface area contributed by atoms with Gasteiger partial charge in [-0.25, -0.2) is 0 Å². The Morgan fingerprint density at radius 2 is 1.54 bits per heavy atom. The van der Waals surface area contributed by atoms with E-state index in [-0.39, 0.29) is 18.3 Å². The first-order chi connectivity index (χ1) is 11.1. The third kappa shape index (κ3) is 4.63. The number of likely N-dealkylation sites (tertiary alicyclic amines) is 2. The van der Waals surface area contributed by atoms with E-state index in [4.69, 9.17) is 5.73 Å². The fraction of sp³-hybridized carbons (Fsp3) is 0.889. The predicted octanol–water partition coefficient (Wildman–Crippen LogP) is 2.42. The fourth-order valence-corrected chi connectivity index (χ4v) is 3.95. The van der Waals surface area contributed by atoms with Crippen LogP contribution < -0.4 is 5.73 Å². The van der Waals surface area contributed by atoms with Gasteiger partial charge in [0.25, 0.3) is 0 Å². The van der Waals surface area contributed by atoms with Crippen LogP contribution in [0.15, 0.2) is 0 Å². The number of carbonyl (C=O) groups is 2. The van der Waals surface area contributed by atoms with Crippen molar-refractivity contribution in [3.8, 4) is 0 Å². The highest BCUT2D eigenvalue weighted by molar-refractivity contribution is 5.85. The molecule has 140 valence electrons. The number of hydrogen-bond donors (Lipinski definition) is 1. The minimum Gasteiger partial charge on any atom is -0.343 e. The normalized spacial score (nSPS) is 19.3. The number of nitrogens with two attached hydrogens (primary N) is 1. The highest BCUT2D eigenvalue weighted by Gasteiger charge is 2.38. The SMILES string of the molecule is CCC(CC)(CN)C(=O)N1CCC(CC(=O)N2CCCC2)CC1.Cl. The summed E-state index contributed by atoms with van der Waals surface area (Å²) in [5.41, 5.74) is 5.51. The van der Waals surface area contributed by atoms with E-state index in [9.17, 15) is 9.59 Å². The molecule has 0 spiro atoms. The van der Waals surface area contributed by atoms with Crippen LogP contribution in [0.1, 0.15) is 58.8 Å². The van der Waals surface area contributed by atoms with E-state index < -0.39 is 5.41 Å². The van der Waals surface area contributed by atoms with Gasteiger partial charge in [-0.15, -0.1) is 12.4 Å². The van der Waals surface area contributed by atoms with Crippen molar-refractivity contribution in [1.82, 2.24) is 9.80 Å². The Bertz CT molecular complexity index is 404. The smallest absolute Gasteiger partial charge is 0.230 e. The fourth-order valence-electron chi connectivity index (χ4n) is 3.95. The van der Waals surface area contributed by atoms with Crippen molar-refractivity contribution in [2.75, 3.05) is 32.7 Å². The number of rotatable bonds is 6. The second-order valence-electron chi connectivity index (χ2n) is 7.22. The van der Waals surface area contributed by atoms with Crippen LogP contribution in [0.5, 0.6) is 0 Å². The van der Waals surface area contributed by atoms with Crippen LogP contribution in [0.25, 0.3) is 0 Å². The molecule has 2 heterocycles. The van der Waals surface area contributed by atoms with Crippen LogP contribution in [0.3, 0.4) is 0 Å². The molecule has 24 heavy (non-hydrogen) atoms. The largest absolute Gasteiger partial charge is 0.343 e. The lowest BCUT2D eigenvalue weighted by Crippen LogP contribution is -2.50. The van der Waals surface area contributed by atoms with E-state index in [0.29, 0.717) is 24.8 Å². The zero-order valence-corrected chi connectivity index (χ0v) is 16.1. The van der Waals surface area contributed by atoms with Gasteiger partial charge in [0.05, 0.1) is 5.41 Å². The lowest BCUT2D eigenvalue weighted by molar-refractivity contribution is -0.143. The Morgan fingerprint density at radius 1 is 1.00 bits per heavy atom. The lowest BCUT2D eigenvalue weighted by atomic mass is 9.80. The molecule has 6 heteroatoms. The molecule has 0 radical (unpaired) electrons. The zero-order chi connectivity index (χ0) is 16.9. The Labute approximate surface area is 152 Å². The topological polar surface area (TPSA) is 66.6 Å². The van der Waals surface area contributed by atoms with Crippen LogP contribution in [-0.4, -0.2) is 54.3 Å². The van der Waals surface area contributed by atoms with Gasteiger partial charge >= 0.3 is 0 Å². The molecular weight excluding hydrogens is 326 g/mol. The number of amides is 2. The maximum absolute atomic E-state index is 12.8. The second-order valence-corrected chi connectivity index (χ2v) is 7.22. The van der Waals surface area contributed by atoms with Crippen LogP contribution in [0, 0.1) is 11.3 Å². The van der Waals surface area contributed by atoms with Gasteiger partial charge in [0.1, 0.15) is 0 Å². The summed E-state index contributed by atoms with van der Waals surface area (Å²) in [5.74, 6) is 0.961. The van der Waals surface area contributed by atoms with Crippen molar-refractivity contribution in [2.24, 2.45) is 17.1 Å². The molecule has 0 aromatic heterocycles. The first kappa shape index (κ1) is 21.2. The van der Waals surface area contributed by atoms with Gasteiger partial charge in [0.2, 0.25) is 11.8 Å². The third-order valence-electron chi connectivity index (χ3n) is 6.02. The van der Waals surface area contributed by atoms with Crippen LogP contribution in [-0.2, 0) is 9.59 Å². The number of carbonyl (C=O) groups excluding carboxylic acids is 2. The predicted molar refractivity (Wildman–Crippen MR) is 99.1 cm³/mol. The van der Waals surface area contributed by atoms with Crippen molar-refractivity contribution < 1.29 is 9.59 Å². The third-order valence-corrected chi connectivity index (χ3v) is 6.02. The van der Waals surface area contributed by atoms with Crippen molar-refractivity contribution >= 4 is 24.2 Å². The average Bonchev–Trinajstić information content (AvgIpc) is 3.12. The number of halogens is 1. The maximum Gasteiger partial charge on any atom is 0.230 e. The van der Waals surface area contributed by atoms with E-state index in [0.717, 1.165) is 64.7 Å². The van der Waals surface area contributed by atoms with Crippen molar-refractivity contribution in [3.05, 3.63) is 0 Å². The summed E-state index contributed by atoms with van der Waals surface area (Å²) in [4.78, 5) is 29.1. The standard InChI is InChI=1S/C18H33N3O2.ClH/c1-3-18(4-2,14-19)17(23)21-11-7-15(8-12-21)13-16(22)20-9-5-6-10-20;/h15H,3-14,19H2,1-2H3;1H. The molecule has 0 bridgehead atoms. The van der Waals surface area contributed by atoms with E-state index in [2.05, 4.69) is 13.8 Å². The molecule has 5 nitrogen and oxygen atoms in total. The number of nitrogens with zero attached hydrogens (tertiary/aromatic N) is 2. The first-order valence-corrected chi connectivity index (χ1v) is 9.33. The van der Waals surface area contributed by atoms with Crippen molar-refractivity contribution in [3.63, 3.8) is 0 Å². The highest BCUT2D eigenvalue weighted by atomic mass is 35.5. The Morgan fingerprint density at radius 3 is 2.00 bits per heavy atom. The van der Waals surface area contributed by atoms with Gasteiger partial charge < -0.3 is 15.5 Å². The second kappa shape index (κ2) is 9.62. The van der Waals surface area contributed by atoms with Crippen LogP contribution in [0.4, 0.5) is 0 Å². The van der Waals surface area contributed by atoms with Crippen LogP contribution in [0.2, 0.25) is 0 Å².